The fourth-order valence-corrected chi connectivity index (χ4v) is 5.23. The summed E-state index contributed by atoms with van der Waals surface area (Å²) in [5, 5.41) is 9.87. The Kier molecular flexibility index (Phi) is 6.44. The van der Waals surface area contributed by atoms with Gasteiger partial charge in [0.05, 0.1) is 12.9 Å². The first-order valence-corrected chi connectivity index (χ1v) is 12.0. The summed E-state index contributed by atoms with van der Waals surface area (Å²) in [4.78, 5) is 57.1. The van der Waals surface area contributed by atoms with E-state index < -0.39 is 54.4 Å². The molecule has 168 valence electrons. The highest BCUT2D eigenvalue weighted by Crippen LogP contribution is 2.66. The van der Waals surface area contributed by atoms with Gasteiger partial charge in [0.15, 0.2) is 17.5 Å². The van der Waals surface area contributed by atoms with Crippen LogP contribution in [-0.2, 0) is 36.3 Å². The van der Waals surface area contributed by atoms with Gasteiger partial charge in [0.1, 0.15) is 12.4 Å². The van der Waals surface area contributed by atoms with E-state index >= 15 is 0 Å². The molecule has 2 aromatic heterocycles. The average Bonchev–Trinajstić information content (AvgIpc) is 3.14. The van der Waals surface area contributed by atoms with E-state index in [1.54, 1.807) is 0 Å². The molecule has 0 saturated carbocycles. The molecule has 18 nitrogen and oxygen atoms in total. The van der Waals surface area contributed by atoms with E-state index in [-0.39, 0.29) is 11.2 Å². The number of phosphoric acid groups is 3. The minimum Gasteiger partial charge on any atom is -0.366 e. The molecule has 0 bridgehead atoms. The molecule has 1 aliphatic rings. The lowest BCUT2D eigenvalue weighted by molar-refractivity contribution is -0.153. The van der Waals surface area contributed by atoms with Gasteiger partial charge < -0.3 is 39.1 Å². The van der Waals surface area contributed by atoms with Crippen molar-refractivity contribution in [2.24, 2.45) is 0 Å². The van der Waals surface area contributed by atoms with Crippen molar-refractivity contribution < 1.29 is 61.0 Å². The Balaban J connectivity index is 1.64. The molecule has 21 heteroatoms. The van der Waals surface area contributed by atoms with E-state index in [1.165, 1.54) is 0 Å². The molecular formula is C9H13N4O14P3. The maximum atomic E-state index is 11.7. The van der Waals surface area contributed by atoms with E-state index in [0.717, 1.165) is 17.2 Å². The molecule has 1 aliphatic heterocycles. The summed E-state index contributed by atoms with van der Waals surface area (Å²) in [5.74, 6) is 0. The SMILES string of the molecule is O=c1[nH]cnc2c1ncn2[C@H]1O[C@H](O)[C@@H](COP(=O)(O)OP(=O)(O)OP(=O)(O)O)O1. The van der Waals surface area contributed by atoms with Crippen LogP contribution in [-0.4, -0.2) is 63.2 Å². The molecule has 2 aromatic rings. The first-order chi connectivity index (χ1) is 13.8. The fourth-order valence-electron chi connectivity index (χ4n) is 2.20. The second kappa shape index (κ2) is 8.29. The van der Waals surface area contributed by atoms with Crippen LogP contribution in [0.5, 0.6) is 0 Å². The number of hydrogen-bond acceptors (Lipinski definition) is 12. The van der Waals surface area contributed by atoms with Crippen molar-refractivity contribution in [3.63, 3.8) is 0 Å². The van der Waals surface area contributed by atoms with Crippen molar-refractivity contribution in [3.8, 4) is 0 Å². The van der Waals surface area contributed by atoms with Crippen molar-refractivity contribution in [1.29, 1.82) is 0 Å². The molecule has 2 unspecified atom stereocenters. The van der Waals surface area contributed by atoms with Gasteiger partial charge in [0.2, 0.25) is 6.41 Å². The number of ether oxygens (including phenoxy) is 2. The zero-order chi connectivity index (χ0) is 22.3. The number of imidazole rings is 1. The number of rotatable bonds is 8. The summed E-state index contributed by atoms with van der Waals surface area (Å²) in [7, 11) is -16.6. The Labute approximate surface area is 164 Å². The summed E-state index contributed by atoms with van der Waals surface area (Å²) in [6.07, 6.45) is -2.36. The van der Waals surface area contributed by atoms with Crippen molar-refractivity contribution in [3.05, 3.63) is 23.0 Å². The number of hydrogen-bond donors (Lipinski definition) is 6. The van der Waals surface area contributed by atoms with E-state index in [2.05, 4.69) is 28.1 Å². The van der Waals surface area contributed by atoms with Gasteiger partial charge in [0, 0.05) is 0 Å². The molecule has 0 spiro atoms. The number of aromatic nitrogens is 4. The van der Waals surface area contributed by atoms with Gasteiger partial charge >= 0.3 is 23.5 Å². The lowest BCUT2D eigenvalue weighted by Crippen LogP contribution is -2.26. The van der Waals surface area contributed by atoms with Crippen molar-refractivity contribution >= 4 is 34.6 Å². The van der Waals surface area contributed by atoms with Crippen LogP contribution in [0, 0.1) is 0 Å². The van der Waals surface area contributed by atoms with E-state index in [4.69, 9.17) is 24.2 Å². The molecule has 0 radical (unpaired) electrons. The van der Waals surface area contributed by atoms with Gasteiger partial charge in [-0.1, -0.05) is 0 Å². The first kappa shape index (κ1) is 23.3. The second-order valence-electron chi connectivity index (χ2n) is 5.45. The minimum atomic E-state index is -5.68. The maximum absolute atomic E-state index is 11.7. The third-order valence-electron chi connectivity index (χ3n) is 3.28. The zero-order valence-corrected chi connectivity index (χ0v) is 16.9. The Morgan fingerprint density at radius 1 is 1.10 bits per heavy atom. The zero-order valence-electron chi connectivity index (χ0n) is 14.2. The lowest BCUT2D eigenvalue weighted by Gasteiger charge is -2.18. The number of H-pyrrole nitrogens is 1. The standard InChI is InChI=1S/C9H13N4O14P3/c14-7-5-6(10-2-11-7)13(3-12-5)9-24-4(8(15)25-9)1-23-29(19,20)27-30(21,22)26-28(16,17)18/h2-4,8-9,15H,1H2,(H,19,20)(H,21,22)(H,10,11,14)(H2,16,17,18)/t4-,8+,9-/m1/s1. The first-order valence-electron chi connectivity index (χ1n) is 7.44. The number of phosphoric ester groups is 1. The van der Waals surface area contributed by atoms with Gasteiger partial charge in [-0.2, -0.15) is 8.62 Å². The van der Waals surface area contributed by atoms with E-state index in [9.17, 15) is 28.5 Å². The van der Waals surface area contributed by atoms with Crippen LogP contribution in [0.15, 0.2) is 17.4 Å². The molecule has 3 rings (SSSR count). The smallest absolute Gasteiger partial charge is 0.366 e. The molecule has 3 heterocycles. The number of aliphatic hydroxyl groups is 1. The third-order valence-corrected chi connectivity index (χ3v) is 7.08. The number of nitrogens with zero attached hydrogens (tertiary/aromatic N) is 3. The molecule has 0 aliphatic carbocycles. The van der Waals surface area contributed by atoms with Gasteiger partial charge in [-0.05, 0) is 0 Å². The van der Waals surface area contributed by atoms with Crippen molar-refractivity contribution in [2.75, 3.05) is 6.61 Å². The monoisotopic (exact) mass is 494 g/mol. The summed E-state index contributed by atoms with van der Waals surface area (Å²) in [6, 6.07) is 0. The van der Waals surface area contributed by atoms with Crippen LogP contribution < -0.4 is 5.56 Å². The molecule has 0 aromatic carbocycles. The maximum Gasteiger partial charge on any atom is 0.490 e. The topological polar surface area (TPSA) is 262 Å². The normalized spacial score (nSPS) is 26.5. The quantitative estimate of drug-likeness (QED) is 0.232. The predicted octanol–water partition coefficient (Wildman–Crippen LogP) is -1.35. The summed E-state index contributed by atoms with van der Waals surface area (Å²) in [6.45, 7) is -0.942. The van der Waals surface area contributed by atoms with Crippen LogP contribution in [0.25, 0.3) is 11.2 Å². The van der Waals surface area contributed by atoms with Gasteiger partial charge in [0.25, 0.3) is 5.56 Å². The van der Waals surface area contributed by atoms with Gasteiger partial charge in [-0.15, -0.1) is 0 Å². The number of nitrogens with one attached hydrogen (secondary N) is 1. The highest BCUT2D eigenvalue weighted by Gasteiger charge is 2.43. The molecule has 1 saturated heterocycles. The Morgan fingerprint density at radius 2 is 1.80 bits per heavy atom. The molecule has 0 amide bonds. The highest BCUT2D eigenvalue weighted by atomic mass is 31.3. The number of fused-ring (bicyclic) bond motifs is 1. The fraction of sp³-hybridized carbons (Fsp3) is 0.444. The summed E-state index contributed by atoms with van der Waals surface area (Å²) in [5.41, 5.74) is -0.582. The number of aromatic amines is 1. The minimum absolute atomic E-state index is 0.0319. The molecule has 30 heavy (non-hydrogen) atoms. The Morgan fingerprint density at radius 3 is 2.47 bits per heavy atom. The highest BCUT2D eigenvalue weighted by molar-refractivity contribution is 7.66. The molecule has 5 atom stereocenters. The van der Waals surface area contributed by atoms with Gasteiger partial charge in [-0.25, -0.2) is 23.7 Å². The summed E-state index contributed by atoms with van der Waals surface area (Å²) < 4.78 is 56.5. The predicted molar refractivity (Wildman–Crippen MR) is 89.0 cm³/mol. The molecule has 1 fully saturated rings. The van der Waals surface area contributed by atoms with Crippen molar-refractivity contribution in [1.82, 2.24) is 19.5 Å². The van der Waals surface area contributed by atoms with Gasteiger partial charge in [-0.3, -0.25) is 13.9 Å². The third kappa shape index (κ3) is 5.66. The van der Waals surface area contributed by atoms with Crippen LogP contribution in [0.2, 0.25) is 0 Å². The van der Waals surface area contributed by atoms with Crippen LogP contribution in [0.3, 0.4) is 0 Å². The number of aliphatic hydroxyl groups excluding tert-OH is 1. The van der Waals surface area contributed by atoms with Crippen LogP contribution in [0.4, 0.5) is 0 Å². The van der Waals surface area contributed by atoms with E-state index in [1.807, 2.05) is 0 Å². The average molecular weight is 494 g/mol. The van der Waals surface area contributed by atoms with Crippen LogP contribution in [0.1, 0.15) is 6.41 Å². The Hall–Kier alpha value is -1.36. The molecular weight excluding hydrogens is 481 g/mol. The molecule has 6 N–H and O–H groups in total. The van der Waals surface area contributed by atoms with Crippen molar-refractivity contribution in [2.45, 2.75) is 18.8 Å². The Bertz CT molecular complexity index is 1130. The lowest BCUT2D eigenvalue weighted by atomic mass is 10.4. The van der Waals surface area contributed by atoms with E-state index in [0.29, 0.717) is 0 Å². The largest absolute Gasteiger partial charge is 0.490 e. The summed E-state index contributed by atoms with van der Waals surface area (Å²) >= 11 is 0. The second-order valence-corrected chi connectivity index (χ2v) is 9.87. The van der Waals surface area contributed by atoms with Crippen LogP contribution >= 0.6 is 23.5 Å².